The number of rotatable bonds is 23. The van der Waals surface area contributed by atoms with E-state index in [1.807, 2.05) is 0 Å². The molecular weight excluding hydrogens is 734 g/mol. The van der Waals surface area contributed by atoms with Crippen LogP contribution in [0.4, 0.5) is 0 Å². The summed E-state index contributed by atoms with van der Waals surface area (Å²) in [6.07, 6.45) is 3.41. The van der Waals surface area contributed by atoms with E-state index in [2.05, 4.69) is 21.2 Å². The smallest absolute Gasteiger partial charge is 0.316 e. The molecule has 1 aliphatic heterocycles. The molecule has 0 saturated carbocycles. The Morgan fingerprint density at radius 3 is 1.21 bits per heavy atom. The van der Waals surface area contributed by atoms with Crippen LogP contribution in [0, 0.1) is 0 Å². The molecule has 0 spiro atoms. The number of amides is 4. The first-order valence-corrected chi connectivity index (χ1v) is 21.2. The zero-order chi connectivity index (χ0) is 38.9. The lowest BCUT2D eigenvalue weighted by Crippen LogP contribution is -2.50. The van der Waals surface area contributed by atoms with Gasteiger partial charge in [0.15, 0.2) is 0 Å². The van der Waals surface area contributed by atoms with Crippen molar-refractivity contribution in [2.24, 2.45) is 0 Å². The van der Waals surface area contributed by atoms with E-state index in [4.69, 9.17) is 0 Å². The highest BCUT2D eigenvalue weighted by Crippen LogP contribution is 2.39. The highest BCUT2D eigenvalue weighted by molar-refractivity contribution is 8.18. The molecule has 0 fully saturated rings. The molecule has 4 N–H and O–H groups in total. The highest BCUT2D eigenvalue weighted by Gasteiger charge is 2.33. The highest BCUT2D eigenvalue weighted by atomic mass is 32.2. The Morgan fingerprint density at radius 1 is 0.577 bits per heavy atom. The summed E-state index contributed by atoms with van der Waals surface area (Å²) in [5.41, 5.74) is 4.65. The van der Waals surface area contributed by atoms with Gasteiger partial charge in [-0.25, -0.2) is 4.67 Å². The molecule has 0 saturated heterocycles. The minimum Gasteiger partial charge on any atom is -0.342 e. The summed E-state index contributed by atoms with van der Waals surface area (Å²) >= 11 is 2.59. The standard InChI is InChI=1S/C33H54N7O9PS2/c1-5-26(41)9-17-38(18-10-27(42)6-2)32(47)13-21-40(22-14-33(48)39(19-11-28(43)7-3)20-12-29(44)8-4)50(49)36-34-30(45)15-23-51-25-52-24-16-31(46)35-37-50/h15-16,23-24H,5-14,17-22,25H2,1-4H3,(H,34,45)(H,35,46)(H2,36,37,49)/b23-15+,24-16+. The van der Waals surface area contributed by atoms with E-state index in [1.165, 1.54) is 61.0 Å². The zero-order valence-corrected chi connectivity index (χ0v) is 33.1. The van der Waals surface area contributed by atoms with Crippen LogP contribution in [0.5, 0.6) is 0 Å². The van der Waals surface area contributed by atoms with Gasteiger partial charge in [-0.2, -0.15) is 10.4 Å². The number of hydrogen-bond acceptors (Lipinski definition) is 11. The maximum Gasteiger partial charge on any atom is 0.316 e. The maximum atomic E-state index is 14.6. The summed E-state index contributed by atoms with van der Waals surface area (Å²) in [5, 5.41) is 8.49. The number of thioether (sulfide) groups is 2. The SMILES string of the molecule is CCC(=O)CCN(CCC(=O)CC)C(=O)CCN(CCC(=O)N(CCC(=O)CC)CCC(=O)CC)P1(=O)NNC(=O)/C=C/SCS/C=C/C(=O)NN1. The first-order chi connectivity index (χ1) is 24.8. The Hall–Kier alpha value is -3.15. The summed E-state index contributed by atoms with van der Waals surface area (Å²) in [5.74, 6) is -2.45. The van der Waals surface area contributed by atoms with Crippen molar-refractivity contribution in [2.75, 3.05) is 44.4 Å². The van der Waals surface area contributed by atoms with Gasteiger partial charge in [0.05, 0.1) is 0 Å². The van der Waals surface area contributed by atoms with Gasteiger partial charge in [0.25, 0.3) is 11.8 Å². The number of nitrogens with zero attached hydrogens (tertiary/aromatic N) is 3. The number of nitrogens with one attached hydrogen (secondary N) is 4. The van der Waals surface area contributed by atoms with Gasteiger partial charge >= 0.3 is 7.59 Å². The normalized spacial score (nSPS) is 16.2. The molecule has 1 rings (SSSR count). The predicted molar refractivity (Wildman–Crippen MR) is 202 cm³/mol. The van der Waals surface area contributed by atoms with Gasteiger partial charge in [0.2, 0.25) is 11.8 Å². The van der Waals surface area contributed by atoms with Gasteiger partial charge < -0.3 is 9.80 Å². The van der Waals surface area contributed by atoms with Crippen LogP contribution in [0.15, 0.2) is 23.0 Å². The lowest BCUT2D eigenvalue weighted by molar-refractivity contribution is -0.133. The molecule has 0 unspecified atom stereocenters. The Morgan fingerprint density at radius 2 is 0.904 bits per heavy atom. The minimum absolute atomic E-state index is 0.0606. The molecule has 0 aromatic heterocycles. The van der Waals surface area contributed by atoms with Gasteiger partial charge in [-0.05, 0) is 10.8 Å². The van der Waals surface area contributed by atoms with Crippen molar-refractivity contribution in [1.82, 2.24) is 35.7 Å². The van der Waals surface area contributed by atoms with Crippen LogP contribution in [0.1, 0.15) is 91.9 Å². The largest absolute Gasteiger partial charge is 0.342 e. The fraction of sp³-hybridized carbons (Fsp3) is 0.636. The number of carbonyl (C=O) groups excluding carboxylic acids is 8. The second kappa shape index (κ2) is 26.6. The Bertz CT molecular complexity index is 1230. The van der Waals surface area contributed by atoms with Crippen LogP contribution in [0.25, 0.3) is 0 Å². The molecule has 0 aliphatic carbocycles. The summed E-state index contributed by atoms with van der Waals surface area (Å²) in [4.78, 5) is 103. The Labute approximate surface area is 314 Å². The molecule has 1 heterocycles. The molecule has 0 aromatic rings. The van der Waals surface area contributed by atoms with Crippen LogP contribution < -0.4 is 21.2 Å². The Kier molecular flexibility index (Phi) is 24.0. The van der Waals surface area contributed by atoms with E-state index < -0.39 is 31.2 Å². The summed E-state index contributed by atoms with van der Waals surface area (Å²) in [7, 11) is -4.26. The van der Waals surface area contributed by atoms with Gasteiger partial charge in [-0.3, -0.25) is 53.8 Å². The number of hydrogen-bond donors (Lipinski definition) is 4. The molecule has 52 heavy (non-hydrogen) atoms. The molecule has 0 aromatic carbocycles. The fourth-order valence-corrected chi connectivity index (χ4v) is 7.49. The van der Waals surface area contributed by atoms with Crippen LogP contribution >= 0.6 is 31.1 Å². The van der Waals surface area contributed by atoms with Gasteiger partial charge in [-0.1, -0.05) is 27.7 Å². The van der Waals surface area contributed by atoms with E-state index in [1.54, 1.807) is 27.7 Å². The van der Waals surface area contributed by atoms with Crippen molar-refractivity contribution in [2.45, 2.75) is 91.9 Å². The summed E-state index contributed by atoms with van der Waals surface area (Å²) < 4.78 is 15.8. The number of ketones is 4. The van der Waals surface area contributed by atoms with Crippen molar-refractivity contribution in [3.8, 4) is 0 Å². The molecule has 16 nitrogen and oxygen atoms in total. The second-order valence-electron chi connectivity index (χ2n) is 11.6. The average Bonchev–Trinajstić information content (AvgIpc) is 3.14. The van der Waals surface area contributed by atoms with Crippen LogP contribution in [0.2, 0.25) is 0 Å². The third-order valence-corrected chi connectivity index (χ3v) is 11.7. The quantitative estimate of drug-likeness (QED) is 0.110. The first-order valence-electron chi connectivity index (χ1n) is 17.5. The van der Waals surface area contributed by atoms with Crippen LogP contribution in [0.3, 0.4) is 0 Å². The van der Waals surface area contributed by atoms with Crippen molar-refractivity contribution in [3.05, 3.63) is 23.0 Å². The maximum absolute atomic E-state index is 14.6. The van der Waals surface area contributed by atoms with Gasteiger partial charge in [0, 0.05) is 121 Å². The van der Waals surface area contributed by atoms with Crippen molar-refractivity contribution < 1.29 is 42.9 Å². The molecule has 19 heteroatoms. The number of hydrazine groups is 2. The van der Waals surface area contributed by atoms with E-state index in [0.717, 1.165) is 0 Å². The van der Waals surface area contributed by atoms with Crippen molar-refractivity contribution in [1.29, 1.82) is 0 Å². The number of carbonyl (C=O) groups is 8. The third kappa shape index (κ3) is 19.6. The van der Waals surface area contributed by atoms with E-state index in [0.29, 0.717) is 5.08 Å². The second-order valence-corrected chi connectivity index (χ2v) is 15.9. The molecule has 292 valence electrons. The first kappa shape index (κ1) is 46.9. The molecule has 4 amide bonds. The summed E-state index contributed by atoms with van der Waals surface area (Å²) in [6.45, 7) is 6.66. The van der Waals surface area contributed by atoms with Gasteiger partial charge in [0.1, 0.15) is 23.1 Å². The molecule has 0 atom stereocenters. The average molecular weight is 788 g/mol. The summed E-state index contributed by atoms with van der Waals surface area (Å²) in [6, 6.07) is 0. The third-order valence-electron chi connectivity index (χ3n) is 7.92. The topological polar surface area (TPSA) is 211 Å². The van der Waals surface area contributed by atoms with Crippen molar-refractivity contribution >= 4 is 77.9 Å². The zero-order valence-electron chi connectivity index (χ0n) is 30.6. The van der Waals surface area contributed by atoms with E-state index in [-0.39, 0.29) is 127 Å². The molecule has 0 radical (unpaired) electrons. The molecular formula is C33H54N7O9PS2. The fourth-order valence-electron chi connectivity index (χ4n) is 4.48. The molecule has 0 bridgehead atoms. The van der Waals surface area contributed by atoms with Crippen LogP contribution in [-0.2, 0) is 42.9 Å². The minimum atomic E-state index is -4.26. The monoisotopic (exact) mass is 787 g/mol. The van der Waals surface area contributed by atoms with Crippen LogP contribution in [-0.4, -0.2) is 106 Å². The lowest BCUT2D eigenvalue weighted by Gasteiger charge is -2.33. The number of Topliss-reactive ketones (excluding diaryl/α,β-unsaturated/α-hetero) is 4. The van der Waals surface area contributed by atoms with E-state index in [9.17, 15) is 42.9 Å². The van der Waals surface area contributed by atoms with Gasteiger partial charge in [-0.15, -0.1) is 23.5 Å². The lowest BCUT2D eigenvalue weighted by atomic mass is 10.1. The molecule has 1 aliphatic rings. The van der Waals surface area contributed by atoms with Crippen molar-refractivity contribution in [3.63, 3.8) is 0 Å². The van der Waals surface area contributed by atoms with E-state index >= 15 is 0 Å². The Balaban J connectivity index is 3.43. The predicted octanol–water partition coefficient (Wildman–Crippen LogP) is 3.02.